The van der Waals surface area contributed by atoms with Gasteiger partial charge in [-0.15, -0.1) is 0 Å². The highest BCUT2D eigenvalue weighted by Gasteiger charge is 2.13. The summed E-state index contributed by atoms with van der Waals surface area (Å²) in [6, 6.07) is -0.482. The molecule has 12 heavy (non-hydrogen) atoms. The van der Waals surface area contributed by atoms with E-state index in [1.807, 2.05) is 0 Å². The monoisotopic (exact) mass is 177 g/mol. The predicted molar refractivity (Wildman–Crippen MR) is 42.9 cm³/mol. The molecular formula is C7H15NO4. The summed E-state index contributed by atoms with van der Waals surface area (Å²) in [4.78, 5) is 10.2. The van der Waals surface area contributed by atoms with Crippen molar-refractivity contribution in [3.05, 3.63) is 0 Å². The Hall–Kier alpha value is -0.810. The Balaban J connectivity index is 3.74. The molecule has 0 fully saturated rings. The van der Waals surface area contributed by atoms with Gasteiger partial charge in [0.25, 0.3) is 0 Å². The molecule has 0 aliphatic carbocycles. The minimum atomic E-state index is -1.15. The van der Waals surface area contributed by atoms with Gasteiger partial charge in [0.1, 0.15) is 0 Å². The maximum atomic E-state index is 10.2. The van der Waals surface area contributed by atoms with Crippen LogP contribution in [0.3, 0.4) is 0 Å². The Bertz CT molecular complexity index is 139. The van der Waals surface area contributed by atoms with E-state index < -0.39 is 12.1 Å². The van der Waals surface area contributed by atoms with E-state index in [0.29, 0.717) is 6.42 Å². The van der Waals surface area contributed by atoms with E-state index in [1.165, 1.54) is 0 Å². The normalized spacial score (nSPS) is 15.2. The first-order valence-electron chi connectivity index (χ1n) is 3.81. The third kappa shape index (κ3) is 4.92. The Kier molecular flexibility index (Phi) is 5.40. The second-order valence-electron chi connectivity index (χ2n) is 2.85. The molecule has 0 bridgehead atoms. The number of nitrogens with one attached hydrogen (secondary N) is 1. The lowest BCUT2D eigenvalue weighted by Crippen LogP contribution is -2.38. The molecule has 4 N–H and O–H groups in total. The number of rotatable bonds is 5. The van der Waals surface area contributed by atoms with Crippen LogP contribution in [0.25, 0.3) is 0 Å². The molecule has 0 rings (SSSR count). The highest BCUT2D eigenvalue weighted by Crippen LogP contribution is 2.04. The molecule has 0 saturated carbocycles. The largest absolute Gasteiger partial charge is 0.465 e. The lowest BCUT2D eigenvalue weighted by molar-refractivity contribution is 0.160. The number of aliphatic hydroxyl groups excluding tert-OH is 2. The van der Waals surface area contributed by atoms with Crippen LogP contribution in [-0.4, -0.2) is 40.7 Å². The van der Waals surface area contributed by atoms with Crippen molar-refractivity contribution in [2.75, 3.05) is 13.2 Å². The number of hydrogen-bond acceptors (Lipinski definition) is 3. The Morgan fingerprint density at radius 3 is 2.33 bits per heavy atom. The summed E-state index contributed by atoms with van der Waals surface area (Å²) in [5.74, 6) is -0.00556. The average molecular weight is 177 g/mol. The molecule has 72 valence electrons. The van der Waals surface area contributed by atoms with Gasteiger partial charge in [0, 0.05) is 6.61 Å². The molecule has 0 saturated heterocycles. The maximum absolute atomic E-state index is 10.2. The minimum Gasteiger partial charge on any atom is -0.465 e. The van der Waals surface area contributed by atoms with Crippen molar-refractivity contribution in [1.29, 1.82) is 0 Å². The molecule has 0 aromatic carbocycles. The molecule has 0 radical (unpaired) electrons. The van der Waals surface area contributed by atoms with Gasteiger partial charge in [-0.3, -0.25) is 0 Å². The number of amides is 1. The SMILES string of the molecule is C[C@@H](CO)C[C@@H](CO)NC(=O)O. The predicted octanol–water partition coefficient (Wildman–Crippen LogP) is -0.367. The van der Waals surface area contributed by atoms with Crippen LogP contribution in [0.4, 0.5) is 4.79 Å². The zero-order valence-electron chi connectivity index (χ0n) is 7.03. The summed E-state index contributed by atoms with van der Waals surface area (Å²) >= 11 is 0. The molecule has 0 heterocycles. The number of aliphatic hydroxyl groups is 2. The standard InChI is InChI=1S/C7H15NO4/c1-5(3-9)2-6(4-10)8-7(11)12/h5-6,8-10H,2-4H2,1H3,(H,11,12)/t5-,6+/m1/s1. The van der Waals surface area contributed by atoms with Crippen molar-refractivity contribution >= 4 is 6.09 Å². The van der Waals surface area contributed by atoms with E-state index in [2.05, 4.69) is 5.32 Å². The number of carboxylic acid groups (broad SMARTS) is 1. The van der Waals surface area contributed by atoms with E-state index in [-0.39, 0.29) is 19.1 Å². The van der Waals surface area contributed by atoms with Crippen molar-refractivity contribution < 1.29 is 20.1 Å². The summed E-state index contributed by atoms with van der Waals surface area (Å²) in [7, 11) is 0. The highest BCUT2D eigenvalue weighted by molar-refractivity contribution is 5.64. The van der Waals surface area contributed by atoms with Gasteiger partial charge in [-0.05, 0) is 12.3 Å². The maximum Gasteiger partial charge on any atom is 0.404 e. The fourth-order valence-corrected chi connectivity index (χ4v) is 0.914. The lowest BCUT2D eigenvalue weighted by Gasteiger charge is -2.16. The van der Waals surface area contributed by atoms with E-state index in [9.17, 15) is 4.79 Å². The van der Waals surface area contributed by atoms with Gasteiger partial charge in [-0.25, -0.2) is 4.79 Å². The van der Waals surface area contributed by atoms with Crippen molar-refractivity contribution in [2.45, 2.75) is 19.4 Å². The van der Waals surface area contributed by atoms with Crippen LogP contribution < -0.4 is 5.32 Å². The van der Waals surface area contributed by atoms with Gasteiger partial charge < -0.3 is 20.6 Å². The highest BCUT2D eigenvalue weighted by atomic mass is 16.4. The van der Waals surface area contributed by atoms with Gasteiger partial charge in [-0.2, -0.15) is 0 Å². The minimum absolute atomic E-state index is 0.00218. The fraction of sp³-hybridized carbons (Fsp3) is 0.857. The average Bonchev–Trinajstić information content (AvgIpc) is 2.02. The summed E-state index contributed by atoms with van der Waals surface area (Å²) in [5, 5.41) is 27.8. The van der Waals surface area contributed by atoms with Gasteiger partial charge in [0.05, 0.1) is 12.6 Å². The molecule has 0 aliphatic heterocycles. The molecule has 1 amide bonds. The third-order valence-electron chi connectivity index (χ3n) is 1.55. The van der Waals surface area contributed by atoms with Gasteiger partial charge in [0.2, 0.25) is 0 Å². The Morgan fingerprint density at radius 1 is 1.42 bits per heavy atom. The molecule has 0 spiro atoms. The summed E-state index contributed by atoms with van der Waals surface area (Å²) in [6.45, 7) is 1.54. The van der Waals surface area contributed by atoms with E-state index in [0.717, 1.165) is 0 Å². The van der Waals surface area contributed by atoms with Gasteiger partial charge in [0.15, 0.2) is 0 Å². The summed E-state index contributed by atoms with van der Waals surface area (Å²) in [5.41, 5.74) is 0. The van der Waals surface area contributed by atoms with E-state index in [1.54, 1.807) is 6.92 Å². The first kappa shape index (κ1) is 11.2. The smallest absolute Gasteiger partial charge is 0.404 e. The van der Waals surface area contributed by atoms with Gasteiger partial charge in [-0.1, -0.05) is 6.92 Å². The topological polar surface area (TPSA) is 89.8 Å². The van der Waals surface area contributed by atoms with Crippen molar-refractivity contribution in [3.8, 4) is 0 Å². The molecule has 0 aromatic heterocycles. The van der Waals surface area contributed by atoms with Crippen molar-refractivity contribution in [3.63, 3.8) is 0 Å². The summed E-state index contributed by atoms with van der Waals surface area (Å²) < 4.78 is 0. The van der Waals surface area contributed by atoms with Crippen LogP contribution in [0.1, 0.15) is 13.3 Å². The van der Waals surface area contributed by atoms with Crippen LogP contribution in [0.2, 0.25) is 0 Å². The Labute approximate surface area is 71.0 Å². The van der Waals surface area contributed by atoms with E-state index in [4.69, 9.17) is 15.3 Å². The molecule has 0 unspecified atom stereocenters. The lowest BCUT2D eigenvalue weighted by atomic mass is 10.0. The van der Waals surface area contributed by atoms with Gasteiger partial charge >= 0.3 is 6.09 Å². The first-order valence-corrected chi connectivity index (χ1v) is 3.81. The van der Waals surface area contributed by atoms with Crippen LogP contribution in [0.5, 0.6) is 0 Å². The zero-order chi connectivity index (χ0) is 9.56. The second-order valence-corrected chi connectivity index (χ2v) is 2.85. The molecule has 0 aliphatic rings. The Morgan fingerprint density at radius 2 is 2.00 bits per heavy atom. The van der Waals surface area contributed by atoms with Crippen LogP contribution in [0, 0.1) is 5.92 Å². The van der Waals surface area contributed by atoms with Crippen LogP contribution >= 0.6 is 0 Å². The van der Waals surface area contributed by atoms with Crippen LogP contribution in [-0.2, 0) is 0 Å². The summed E-state index contributed by atoms with van der Waals surface area (Å²) in [6.07, 6.45) is -0.710. The molecular weight excluding hydrogens is 162 g/mol. The molecule has 0 aromatic rings. The number of carbonyl (C=O) groups is 1. The van der Waals surface area contributed by atoms with Crippen LogP contribution in [0.15, 0.2) is 0 Å². The second kappa shape index (κ2) is 5.79. The first-order chi connectivity index (χ1) is 5.60. The third-order valence-corrected chi connectivity index (χ3v) is 1.55. The molecule has 2 atom stereocenters. The molecule has 5 nitrogen and oxygen atoms in total. The van der Waals surface area contributed by atoms with Crippen molar-refractivity contribution in [2.24, 2.45) is 5.92 Å². The number of hydrogen-bond donors (Lipinski definition) is 4. The van der Waals surface area contributed by atoms with Crippen molar-refractivity contribution in [1.82, 2.24) is 5.32 Å². The fourth-order valence-electron chi connectivity index (χ4n) is 0.914. The zero-order valence-corrected chi connectivity index (χ0v) is 7.03. The molecule has 5 heteroatoms. The van der Waals surface area contributed by atoms with E-state index >= 15 is 0 Å². The quantitative estimate of drug-likeness (QED) is 0.461.